The predicted octanol–water partition coefficient (Wildman–Crippen LogP) is -0.118. The number of sulfonamides is 1. The number of nitrogens with one attached hydrogen (secondary N) is 2. The van der Waals surface area contributed by atoms with Gasteiger partial charge in [-0.25, -0.2) is 13.1 Å². The monoisotopic (exact) mass is 274 g/mol. The van der Waals surface area contributed by atoms with Crippen LogP contribution < -0.4 is 10.0 Å². The highest BCUT2D eigenvalue weighted by molar-refractivity contribution is 7.89. The Morgan fingerprint density at radius 3 is 2.78 bits per heavy atom. The van der Waals surface area contributed by atoms with Crippen molar-refractivity contribution in [3.05, 3.63) is 18.0 Å². The summed E-state index contributed by atoms with van der Waals surface area (Å²) in [5.41, 5.74) is 0.896. The number of hydrogen-bond acceptors (Lipinski definition) is 4. The van der Waals surface area contributed by atoms with E-state index in [1.165, 1.54) is 0 Å². The fourth-order valence-electron chi connectivity index (χ4n) is 1.57. The molecule has 0 aliphatic carbocycles. The molecule has 0 fully saturated rings. The molecular formula is C11H22N4O2S. The van der Waals surface area contributed by atoms with Crippen LogP contribution in [0, 0.1) is 0 Å². The Hall–Kier alpha value is -0.920. The van der Waals surface area contributed by atoms with Gasteiger partial charge >= 0.3 is 0 Å². The molecule has 1 rings (SSSR count). The lowest BCUT2D eigenvalue weighted by molar-refractivity contribution is 0.575. The Bertz CT molecular complexity index is 442. The van der Waals surface area contributed by atoms with Crippen molar-refractivity contribution in [2.45, 2.75) is 19.8 Å². The molecule has 1 aromatic heterocycles. The average molecular weight is 274 g/mol. The van der Waals surface area contributed by atoms with Gasteiger partial charge < -0.3 is 5.32 Å². The summed E-state index contributed by atoms with van der Waals surface area (Å²) >= 11 is 0. The fraction of sp³-hybridized carbons (Fsp3) is 0.727. The molecule has 1 aromatic rings. The van der Waals surface area contributed by atoms with Crippen LogP contribution in [-0.4, -0.2) is 43.6 Å². The summed E-state index contributed by atoms with van der Waals surface area (Å²) in [6.45, 7) is 4.00. The molecule has 7 heteroatoms. The molecule has 0 saturated heterocycles. The lowest BCUT2D eigenvalue weighted by Crippen LogP contribution is -2.30. The van der Waals surface area contributed by atoms with Gasteiger partial charge in [-0.2, -0.15) is 5.10 Å². The van der Waals surface area contributed by atoms with Gasteiger partial charge in [0, 0.05) is 26.2 Å². The molecule has 6 nitrogen and oxygen atoms in total. The summed E-state index contributed by atoms with van der Waals surface area (Å²) in [7, 11) is -1.31. The average Bonchev–Trinajstić information content (AvgIpc) is 2.70. The molecule has 0 aliphatic heterocycles. The van der Waals surface area contributed by atoms with Gasteiger partial charge in [-0.1, -0.05) is 6.92 Å². The van der Waals surface area contributed by atoms with Gasteiger partial charge in [0.25, 0.3) is 0 Å². The third kappa shape index (κ3) is 6.13. The van der Waals surface area contributed by atoms with Gasteiger partial charge in [-0.3, -0.25) is 4.68 Å². The first-order valence-electron chi connectivity index (χ1n) is 6.20. The molecule has 0 amide bonds. The maximum absolute atomic E-state index is 11.6. The van der Waals surface area contributed by atoms with Crippen LogP contribution in [0.15, 0.2) is 12.3 Å². The second-order valence-electron chi connectivity index (χ2n) is 4.15. The van der Waals surface area contributed by atoms with E-state index in [1.54, 1.807) is 4.68 Å². The van der Waals surface area contributed by atoms with Crippen LogP contribution in [0.4, 0.5) is 0 Å². The molecule has 0 atom stereocenters. The third-order valence-corrected chi connectivity index (χ3v) is 3.96. The summed E-state index contributed by atoms with van der Waals surface area (Å²) in [5, 5.41) is 7.29. The van der Waals surface area contributed by atoms with Gasteiger partial charge in [-0.15, -0.1) is 0 Å². The largest absolute Gasteiger partial charge is 0.317 e. The Balaban J connectivity index is 2.20. The first-order chi connectivity index (χ1) is 8.53. The van der Waals surface area contributed by atoms with Crippen molar-refractivity contribution in [2.24, 2.45) is 7.05 Å². The Morgan fingerprint density at radius 1 is 1.39 bits per heavy atom. The first kappa shape index (κ1) is 15.1. The van der Waals surface area contributed by atoms with Crippen LogP contribution >= 0.6 is 0 Å². The number of aromatic nitrogens is 2. The highest BCUT2D eigenvalue weighted by atomic mass is 32.2. The molecule has 18 heavy (non-hydrogen) atoms. The number of aryl methyl sites for hydroxylation is 1. The van der Waals surface area contributed by atoms with Crippen molar-refractivity contribution in [1.29, 1.82) is 0 Å². The van der Waals surface area contributed by atoms with E-state index in [2.05, 4.69) is 15.1 Å². The van der Waals surface area contributed by atoms with Crippen LogP contribution in [0.1, 0.15) is 19.0 Å². The maximum atomic E-state index is 11.6. The van der Waals surface area contributed by atoms with Crippen LogP contribution in [-0.2, 0) is 23.5 Å². The van der Waals surface area contributed by atoms with Gasteiger partial charge in [0.05, 0.1) is 11.4 Å². The lowest BCUT2D eigenvalue weighted by Gasteiger charge is -2.06. The van der Waals surface area contributed by atoms with Crippen molar-refractivity contribution >= 4 is 10.0 Å². The molecule has 0 radical (unpaired) electrons. The van der Waals surface area contributed by atoms with Crippen LogP contribution in [0.25, 0.3) is 0 Å². The smallest absolute Gasteiger partial charge is 0.211 e. The molecular weight excluding hydrogens is 252 g/mol. The van der Waals surface area contributed by atoms with Crippen molar-refractivity contribution in [3.63, 3.8) is 0 Å². The lowest BCUT2D eigenvalue weighted by atomic mass is 10.3. The van der Waals surface area contributed by atoms with Crippen LogP contribution in [0.5, 0.6) is 0 Å². The van der Waals surface area contributed by atoms with Crippen molar-refractivity contribution < 1.29 is 8.42 Å². The second-order valence-corrected chi connectivity index (χ2v) is 6.08. The molecule has 1 heterocycles. The molecule has 0 unspecified atom stereocenters. The van der Waals surface area contributed by atoms with Crippen molar-refractivity contribution in [1.82, 2.24) is 19.8 Å². The van der Waals surface area contributed by atoms with E-state index in [0.29, 0.717) is 19.4 Å². The summed E-state index contributed by atoms with van der Waals surface area (Å²) < 4.78 is 27.5. The highest BCUT2D eigenvalue weighted by Gasteiger charge is 2.09. The van der Waals surface area contributed by atoms with Gasteiger partial charge in [0.15, 0.2) is 0 Å². The summed E-state index contributed by atoms with van der Waals surface area (Å²) in [5.74, 6) is 0.169. The van der Waals surface area contributed by atoms with E-state index in [0.717, 1.165) is 18.8 Å². The SMILES string of the molecule is CCNCCCS(=O)(=O)NCCc1ccn(C)n1. The van der Waals surface area contributed by atoms with E-state index in [4.69, 9.17) is 0 Å². The summed E-state index contributed by atoms with van der Waals surface area (Å²) in [4.78, 5) is 0. The molecule has 0 spiro atoms. The van der Waals surface area contributed by atoms with E-state index in [-0.39, 0.29) is 5.75 Å². The van der Waals surface area contributed by atoms with Gasteiger partial charge in [-0.05, 0) is 25.6 Å². The summed E-state index contributed by atoms with van der Waals surface area (Å²) in [6, 6.07) is 1.89. The third-order valence-electron chi connectivity index (χ3n) is 2.49. The zero-order chi connectivity index (χ0) is 13.4. The van der Waals surface area contributed by atoms with E-state index >= 15 is 0 Å². The minimum Gasteiger partial charge on any atom is -0.317 e. The van der Waals surface area contributed by atoms with E-state index in [9.17, 15) is 8.42 Å². The number of hydrogen-bond donors (Lipinski definition) is 2. The predicted molar refractivity (Wildman–Crippen MR) is 71.9 cm³/mol. The minimum atomic E-state index is -3.15. The zero-order valence-electron chi connectivity index (χ0n) is 11.0. The normalized spacial score (nSPS) is 11.9. The Morgan fingerprint density at radius 2 is 2.17 bits per heavy atom. The standard InChI is InChI=1S/C11H22N4O2S/c1-3-12-7-4-10-18(16,17)13-8-5-11-6-9-15(2)14-11/h6,9,12-13H,3-5,7-8,10H2,1-2H3. The summed E-state index contributed by atoms with van der Waals surface area (Å²) in [6.07, 6.45) is 3.10. The molecule has 0 saturated carbocycles. The van der Waals surface area contributed by atoms with E-state index < -0.39 is 10.0 Å². The molecule has 0 aromatic carbocycles. The molecule has 2 N–H and O–H groups in total. The van der Waals surface area contributed by atoms with E-state index in [1.807, 2.05) is 26.2 Å². The molecule has 0 bridgehead atoms. The van der Waals surface area contributed by atoms with Crippen LogP contribution in [0.2, 0.25) is 0 Å². The van der Waals surface area contributed by atoms with Gasteiger partial charge in [0.2, 0.25) is 10.0 Å². The Kier molecular flexibility index (Phi) is 6.31. The van der Waals surface area contributed by atoms with Gasteiger partial charge in [0.1, 0.15) is 0 Å². The first-order valence-corrected chi connectivity index (χ1v) is 7.85. The quantitative estimate of drug-likeness (QED) is 0.616. The van der Waals surface area contributed by atoms with Crippen LogP contribution in [0.3, 0.4) is 0 Å². The zero-order valence-corrected chi connectivity index (χ0v) is 11.8. The molecule has 0 aliphatic rings. The number of rotatable bonds is 9. The van der Waals surface area contributed by atoms with Crippen molar-refractivity contribution in [2.75, 3.05) is 25.4 Å². The Labute approximate surface area is 109 Å². The minimum absolute atomic E-state index is 0.169. The van der Waals surface area contributed by atoms with Crippen molar-refractivity contribution in [3.8, 4) is 0 Å². The topological polar surface area (TPSA) is 76.0 Å². The highest BCUT2D eigenvalue weighted by Crippen LogP contribution is 1.95. The maximum Gasteiger partial charge on any atom is 0.211 e. The fourth-order valence-corrected chi connectivity index (χ4v) is 2.65. The second kappa shape index (κ2) is 7.50. The molecule has 104 valence electrons. The number of nitrogens with zero attached hydrogens (tertiary/aromatic N) is 2.